The number of carbonyl (C=O) groups is 1. The van der Waals surface area contributed by atoms with Gasteiger partial charge in [0, 0.05) is 14.1 Å². The van der Waals surface area contributed by atoms with Crippen LogP contribution >= 0.6 is 0 Å². The van der Waals surface area contributed by atoms with Crippen molar-refractivity contribution >= 4 is 17.1 Å². The summed E-state index contributed by atoms with van der Waals surface area (Å²) in [5, 5.41) is 9.14. The Morgan fingerprint density at radius 2 is 1.92 bits per heavy atom. The van der Waals surface area contributed by atoms with Gasteiger partial charge in [-0.25, -0.2) is 14.6 Å². The van der Waals surface area contributed by atoms with Gasteiger partial charge in [0.2, 0.25) is 0 Å². The summed E-state index contributed by atoms with van der Waals surface area (Å²) in [5.41, 5.74) is -0.244. The lowest BCUT2D eigenvalue weighted by Gasteiger charge is -2.10. The molecule has 0 atom stereocenters. The van der Waals surface area contributed by atoms with Crippen LogP contribution in [0, 0.1) is 0 Å². The molecule has 0 radical (unpaired) electrons. The number of aromatic carboxylic acids is 1. The third kappa shape index (κ3) is 2.80. The topological polar surface area (TPSA) is 108 Å². The summed E-state index contributed by atoms with van der Waals surface area (Å²) in [6, 6.07) is 6.32. The van der Waals surface area contributed by atoms with Crippen molar-refractivity contribution in [2.75, 3.05) is 6.61 Å². The number of rotatable bonds is 5. The summed E-state index contributed by atoms with van der Waals surface area (Å²) < 4.78 is 9.44. The fourth-order valence-corrected chi connectivity index (χ4v) is 2.59. The van der Waals surface area contributed by atoms with Crippen LogP contribution < -0.4 is 16.0 Å². The van der Waals surface area contributed by atoms with Crippen LogP contribution in [-0.2, 0) is 20.6 Å². The number of nitrogens with zero attached hydrogens (tertiary/aromatic N) is 4. The molecule has 130 valence electrons. The van der Waals surface area contributed by atoms with Gasteiger partial charge in [0.15, 0.2) is 11.2 Å². The lowest BCUT2D eigenvalue weighted by atomic mass is 10.2. The fraction of sp³-hybridized carbons (Fsp3) is 0.250. The minimum absolute atomic E-state index is 0.0660. The standard InChI is InChI=1S/C16H16N4O5/c1-18-13-12(14(21)19(2)16(18)24)20(9-17-13)7-8-25-11-6-4-3-5-10(11)15(22)23/h3-6,9H,7-8H2,1-2H3,(H,22,23). The largest absolute Gasteiger partial charge is 0.491 e. The Labute approximate surface area is 141 Å². The molecule has 0 fully saturated rings. The molecule has 0 spiro atoms. The summed E-state index contributed by atoms with van der Waals surface area (Å²) in [7, 11) is 2.95. The summed E-state index contributed by atoms with van der Waals surface area (Å²) in [6.45, 7) is 0.416. The zero-order valence-electron chi connectivity index (χ0n) is 13.7. The molecule has 0 aliphatic rings. The Balaban J connectivity index is 1.87. The normalized spacial score (nSPS) is 11.0. The minimum Gasteiger partial charge on any atom is -0.491 e. The van der Waals surface area contributed by atoms with E-state index in [1.807, 2.05) is 0 Å². The third-order valence-electron chi connectivity index (χ3n) is 3.92. The van der Waals surface area contributed by atoms with Gasteiger partial charge in [-0.05, 0) is 12.1 Å². The molecule has 0 saturated heterocycles. The number of aryl methyl sites for hydroxylation is 1. The quantitative estimate of drug-likeness (QED) is 0.709. The second-order valence-corrected chi connectivity index (χ2v) is 5.47. The van der Waals surface area contributed by atoms with Gasteiger partial charge >= 0.3 is 11.7 Å². The van der Waals surface area contributed by atoms with E-state index in [0.717, 1.165) is 4.57 Å². The maximum absolute atomic E-state index is 12.3. The number of fused-ring (bicyclic) bond motifs is 1. The van der Waals surface area contributed by atoms with E-state index >= 15 is 0 Å². The first kappa shape index (κ1) is 16.5. The lowest BCUT2D eigenvalue weighted by Crippen LogP contribution is -2.37. The SMILES string of the molecule is Cn1c(=O)c2c(ncn2CCOc2ccccc2C(=O)O)n(C)c1=O. The molecule has 2 aromatic heterocycles. The van der Waals surface area contributed by atoms with Crippen molar-refractivity contribution in [2.45, 2.75) is 6.54 Å². The van der Waals surface area contributed by atoms with Crippen molar-refractivity contribution in [3.05, 3.63) is 57.0 Å². The van der Waals surface area contributed by atoms with E-state index < -0.39 is 17.2 Å². The van der Waals surface area contributed by atoms with Crippen LogP contribution in [0.3, 0.4) is 0 Å². The van der Waals surface area contributed by atoms with Crippen LogP contribution in [0.4, 0.5) is 0 Å². The molecule has 0 aliphatic carbocycles. The van der Waals surface area contributed by atoms with Crippen molar-refractivity contribution < 1.29 is 14.6 Å². The molecular weight excluding hydrogens is 328 g/mol. The van der Waals surface area contributed by atoms with Crippen LogP contribution in [0.5, 0.6) is 5.75 Å². The number of hydrogen-bond acceptors (Lipinski definition) is 5. The predicted molar refractivity (Wildman–Crippen MR) is 89.1 cm³/mol. The molecule has 1 N–H and O–H groups in total. The Morgan fingerprint density at radius 1 is 1.20 bits per heavy atom. The smallest absolute Gasteiger partial charge is 0.339 e. The summed E-state index contributed by atoms with van der Waals surface area (Å²) in [6.07, 6.45) is 1.46. The number of ether oxygens (including phenoxy) is 1. The number of carboxylic acids is 1. The average molecular weight is 344 g/mol. The second-order valence-electron chi connectivity index (χ2n) is 5.47. The van der Waals surface area contributed by atoms with Gasteiger partial charge in [-0.2, -0.15) is 0 Å². The van der Waals surface area contributed by atoms with E-state index in [2.05, 4.69) is 4.98 Å². The molecule has 0 bridgehead atoms. The van der Waals surface area contributed by atoms with Crippen molar-refractivity contribution in [1.29, 1.82) is 0 Å². The molecular formula is C16H16N4O5. The monoisotopic (exact) mass is 344 g/mol. The van der Waals surface area contributed by atoms with E-state index in [1.54, 1.807) is 29.8 Å². The Bertz CT molecular complexity index is 1080. The van der Waals surface area contributed by atoms with Gasteiger partial charge in [0.05, 0.1) is 12.9 Å². The zero-order chi connectivity index (χ0) is 18.1. The molecule has 1 aromatic carbocycles. The zero-order valence-corrected chi connectivity index (χ0v) is 13.7. The molecule has 9 heteroatoms. The molecule has 0 unspecified atom stereocenters. The highest BCUT2D eigenvalue weighted by Gasteiger charge is 2.15. The van der Waals surface area contributed by atoms with E-state index in [1.165, 1.54) is 24.0 Å². The number of benzene rings is 1. The fourth-order valence-electron chi connectivity index (χ4n) is 2.59. The first-order valence-corrected chi connectivity index (χ1v) is 7.47. The van der Waals surface area contributed by atoms with Gasteiger partial charge in [-0.3, -0.25) is 13.9 Å². The maximum atomic E-state index is 12.3. The van der Waals surface area contributed by atoms with Crippen LogP contribution in [0.2, 0.25) is 0 Å². The number of aromatic nitrogens is 4. The number of para-hydroxylation sites is 1. The summed E-state index contributed by atoms with van der Waals surface area (Å²) in [4.78, 5) is 39.5. The number of imidazole rings is 1. The highest BCUT2D eigenvalue weighted by Crippen LogP contribution is 2.17. The van der Waals surface area contributed by atoms with Crippen molar-refractivity contribution in [3.63, 3.8) is 0 Å². The molecule has 2 heterocycles. The molecule has 0 saturated carbocycles. The first-order chi connectivity index (χ1) is 11.9. The van der Waals surface area contributed by atoms with E-state index in [0.29, 0.717) is 11.2 Å². The Morgan fingerprint density at radius 3 is 2.64 bits per heavy atom. The van der Waals surface area contributed by atoms with Crippen molar-refractivity contribution in [3.8, 4) is 5.75 Å². The Hall–Kier alpha value is -3.36. The van der Waals surface area contributed by atoms with Crippen molar-refractivity contribution in [2.24, 2.45) is 14.1 Å². The van der Waals surface area contributed by atoms with Gasteiger partial charge in [0.25, 0.3) is 5.56 Å². The predicted octanol–water partition coefficient (Wildman–Crippen LogP) is 0.211. The molecule has 0 aliphatic heterocycles. The van der Waals surface area contributed by atoms with Crippen LogP contribution in [0.1, 0.15) is 10.4 Å². The summed E-state index contributed by atoms with van der Waals surface area (Å²) >= 11 is 0. The van der Waals surface area contributed by atoms with E-state index in [4.69, 9.17) is 9.84 Å². The molecule has 9 nitrogen and oxygen atoms in total. The van der Waals surface area contributed by atoms with Gasteiger partial charge in [-0.1, -0.05) is 12.1 Å². The van der Waals surface area contributed by atoms with E-state index in [-0.39, 0.29) is 24.5 Å². The number of carboxylic acid groups (broad SMARTS) is 1. The molecule has 0 amide bonds. The van der Waals surface area contributed by atoms with Crippen molar-refractivity contribution in [1.82, 2.24) is 18.7 Å². The van der Waals surface area contributed by atoms with Gasteiger partial charge in [-0.15, -0.1) is 0 Å². The number of hydrogen-bond donors (Lipinski definition) is 1. The van der Waals surface area contributed by atoms with Gasteiger partial charge < -0.3 is 14.4 Å². The van der Waals surface area contributed by atoms with Crippen LogP contribution in [0.15, 0.2) is 40.2 Å². The first-order valence-electron chi connectivity index (χ1n) is 7.47. The highest BCUT2D eigenvalue weighted by molar-refractivity contribution is 5.90. The Kier molecular flexibility index (Phi) is 4.14. The van der Waals surface area contributed by atoms with Crippen LogP contribution in [-0.4, -0.2) is 36.4 Å². The third-order valence-corrected chi connectivity index (χ3v) is 3.92. The molecule has 25 heavy (non-hydrogen) atoms. The second kappa shape index (κ2) is 6.27. The summed E-state index contributed by atoms with van der Waals surface area (Å²) in [5.74, 6) is -0.827. The maximum Gasteiger partial charge on any atom is 0.339 e. The molecule has 3 rings (SSSR count). The molecule has 3 aromatic rings. The lowest BCUT2D eigenvalue weighted by molar-refractivity contribution is 0.0692. The average Bonchev–Trinajstić information content (AvgIpc) is 3.02. The highest BCUT2D eigenvalue weighted by atomic mass is 16.5. The van der Waals surface area contributed by atoms with E-state index in [9.17, 15) is 14.4 Å². The van der Waals surface area contributed by atoms with Gasteiger partial charge in [0.1, 0.15) is 17.9 Å². The van der Waals surface area contributed by atoms with Crippen LogP contribution in [0.25, 0.3) is 11.2 Å². The minimum atomic E-state index is -1.08.